The Morgan fingerprint density at radius 3 is 2.79 bits per heavy atom. The number of carbonyl (C=O) groups excluding carboxylic acids is 1. The highest BCUT2D eigenvalue weighted by molar-refractivity contribution is 7.99. The number of nitrogens with zero attached hydrogens (tertiary/aromatic N) is 1. The Hall–Kier alpha value is -0.260. The summed E-state index contributed by atoms with van der Waals surface area (Å²) in [5.74, 6) is 0.924. The van der Waals surface area contributed by atoms with Crippen molar-refractivity contribution >= 4 is 17.7 Å². The monoisotopic (exact) mass is 219 g/mol. The van der Waals surface area contributed by atoms with Crippen LogP contribution in [0.25, 0.3) is 0 Å². The van der Waals surface area contributed by atoms with E-state index in [-0.39, 0.29) is 12.5 Å². The molecule has 0 aromatic rings. The van der Waals surface area contributed by atoms with Gasteiger partial charge in [0.05, 0.1) is 18.5 Å². The van der Waals surface area contributed by atoms with Gasteiger partial charge in [-0.2, -0.15) is 0 Å². The first-order valence-electron chi connectivity index (χ1n) is 4.77. The Labute approximate surface area is 88.3 Å². The van der Waals surface area contributed by atoms with E-state index in [1.54, 1.807) is 4.90 Å². The molecule has 0 aliphatic heterocycles. The average Bonchev–Trinajstić information content (AvgIpc) is 2.99. The molecule has 5 heteroatoms. The Bertz CT molecular complexity index is 196. The fourth-order valence-corrected chi connectivity index (χ4v) is 1.98. The predicted octanol–water partition coefficient (Wildman–Crippen LogP) is -0.306. The van der Waals surface area contributed by atoms with Crippen molar-refractivity contribution in [1.29, 1.82) is 0 Å². The molecule has 1 rings (SSSR count). The summed E-state index contributed by atoms with van der Waals surface area (Å²) in [5, 5.41) is 17.6. The molecule has 4 nitrogen and oxygen atoms in total. The first kappa shape index (κ1) is 11.8. The standard InChI is InChI=1S/C9H17NO3S/c1-10(7-2-3-7)9(13)6-14-5-8(12)4-11/h7-8,11-12H,2-6H2,1H3. The number of hydrogen-bond donors (Lipinski definition) is 2. The zero-order chi connectivity index (χ0) is 10.6. The maximum Gasteiger partial charge on any atom is 0.232 e. The minimum Gasteiger partial charge on any atom is -0.394 e. The summed E-state index contributed by atoms with van der Waals surface area (Å²) >= 11 is 1.37. The van der Waals surface area contributed by atoms with Gasteiger partial charge in [-0.1, -0.05) is 0 Å². The van der Waals surface area contributed by atoms with Crippen LogP contribution >= 0.6 is 11.8 Å². The van der Waals surface area contributed by atoms with Crippen LogP contribution in [-0.2, 0) is 4.79 Å². The van der Waals surface area contributed by atoms with Crippen LogP contribution in [0.2, 0.25) is 0 Å². The van der Waals surface area contributed by atoms with Crippen molar-refractivity contribution in [3.63, 3.8) is 0 Å². The molecule has 1 saturated carbocycles. The van der Waals surface area contributed by atoms with Gasteiger partial charge in [-0.25, -0.2) is 0 Å². The fourth-order valence-electron chi connectivity index (χ4n) is 1.10. The number of hydrogen-bond acceptors (Lipinski definition) is 4. The molecule has 0 saturated heterocycles. The van der Waals surface area contributed by atoms with Crippen molar-refractivity contribution in [2.75, 3.05) is 25.2 Å². The molecule has 0 spiro atoms. The molecule has 1 aliphatic rings. The van der Waals surface area contributed by atoms with Crippen molar-refractivity contribution in [2.24, 2.45) is 0 Å². The number of rotatable bonds is 6. The Balaban J connectivity index is 2.08. The molecule has 1 atom stereocenters. The molecule has 0 bridgehead atoms. The second kappa shape index (κ2) is 5.58. The van der Waals surface area contributed by atoms with Crippen molar-refractivity contribution < 1.29 is 15.0 Å². The van der Waals surface area contributed by atoms with Crippen LogP contribution in [0.15, 0.2) is 0 Å². The van der Waals surface area contributed by atoms with Gasteiger partial charge in [0.25, 0.3) is 0 Å². The topological polar surface area (TPSA) is 60.8 Å². The minimum absolute atomic E-state index is 0.114. The lowest BCUT2D eigenvalue weighted by Crippen LogP contribution is -2.30. The quantitative estimate of drug-likeness (QED) is 0.643. The fraction of sp³-hybridized carbons (Fsp3) is 0.889. The van der Waals surface area contributed by atoms with Gasteiger partial charge < -0.3 is 15.1 Å². The van der Waals surface area contributed by atoms with Gasteiger partial charge >= 0.3 is 0 Å². The molecule has 1 aliphatic carbocycles. The second-order valence-electron chi connectivity index (χ2n) is 3.59. The molecular formula is C9H17NO3S. The van der Waals surface area contributed by atoms with Gasteiger partial charge in [0.15, 0.2) is 0 Å². The van der Waals surface area contributed by atoms with Crippen LogP contribution in [-0.4, -0.2) is 58.3 Å². The molecule has 14 heavy (non-hydrogen) atoms. The van der Waals surface area contributed by atoms with Gasteiger partial charge in [0.1, 0.15) is 0 Å². The van der Waals surface area contributed by atoms with E-state index in [0.717, 1.165) is 12.8 Å². The largest absolute Gasteiger partial charge is 0.394 e. The molecular weight excluding hydrogens is 202 g/mol. The van der Waals surface area contributed by atoms with Gasteiger partial charge in [0.2, 0.25) is 5.91 Å². The van der Waals surface area contributed by atoms with Gasteiger partial charge in [-0.05, 0) is 12.8 Å². The third-order valence-corrected chi connectivity index (χ3v) is 3.31. The van der Waals surface area contributed by atoms with E-state index in [1.165, 1.54) is 11.8 Å². The highest BCUT2D eigenvalue weighted by atomic mass is 32.2. The van der Waals surface area contributed by atoms with E-state index in [9.17, 15) is 4.79 Å². The summed E-state index contributed by atoms with van der Waals surface area (Å²) in [7, 11) is 1.82. The van der Waals surface area contributed by atoms with Crippen molar-refractivity contribution in [1.82, 2.24) is 4.90 Å². The molecule has 1 fully saturated rings. The van der Waals surface area contributed by atoms with E-state index in [4.69, 9.17) is 10.2 Å². The normalized spacial score (nSPS) is 17.9. The first-order chi connectivity index (χ1) is 6.65. The maximum atomic E-state index is 11.5. The Morgan fingerprint density at radius 1 is 1.64 bits per heavy atom. The number of amides is 1. The highest BCUT2D eigenvalue weighted by Gasteiger charge is 2.29. The summed E-state index contributed by atoms with van der Waals surface area (Å²) in [5.41, 5.74) is 0. The van der Waals surface area contributed by atoms with Gasteiger partial charge in [0, 0.05) is 18.8 Å². The van der Waals surface area contributed by atoms with Crippen LogP contribution in [0.5, 0.6) is 0 Å². The van der Waals surface area contributed by atoms with Crippen molar-refractivity contribution in [3.05, 3.63) is 0 Å². The van der Waals surface area contributed by atoms with Crippen LogP contribution in [0.4, 0.5) is 0 Å². The lowest BCUT2D eigenvalue weighted by Gasteiger charge is -2.16. The Morgan fingerprint density at radius 2 is 2.29 bits per heavy atom. The second-order valence-corrected chi connectivity index (χ2v) is 4.62. The molecule has 1 amide bonds. The van der Waals surface area contributed by atoms with Crippen molar-refractivity contribution in [3.8, 4) is 0 Å². The minimum atomic E-state index is -0.709. The third-order valence-electron chi connectivity index (χ3n) is 2.23. The van der Waals surface area contributed by atoms with E-state index in [2.05, 4.69) is 0 Å². The molecule has 2 N–H and O–H groups in total. The third kappa shape index (κ3) is 3.86. The lowest BCUT2D eigenvalue weighted by atomic mass is 10.4. The molecule has 82 valence electrons. The Kier molecular flexibility index (Phi) is 4.71. The van der Waals surface area contributed by atoms with Crippen molar-refractivity contribution in [2.45, 2.75) is 25.0 Å². The van der Waals surface area contributed by atoms with Gasteiger partial charge in [-0.3, -0.25) is 4.79 Å². The smallest absolute Gasteiger partial charge is 0.232 e. The van der Waals surface area contributed by atoms with E-state index in [1.807, 2.05) is 7.05 Å². The summed E-state index contributed by atoms with van der Waals surface area (Å²) in [6.07, 6.45) is 1.53. The summed E-state index contributed by atoms with van der Waals surface area (Å²) in [4.78, 5) is 13.2. The number of thioether (sulfide) groups is 1. The van der Waals surface area contributed by atoms with Crippen LogP contribution < -0.4 is 0 Å². The first-order valence-corrected chi connectivity index (χ1v) is 5.93. The number of aliphatic hydroxyl groups is 2. The number of carbonyl (C=O) groups is 1. The van der Waals surface area contributed by atoms with Gasteiger partial charge in [-0.15, -0.1) is 11.8 Å². The van der Waals surface area contributed by atoms with Crippen LogP contribution in [0, 0.1) is 0 Å². The molecule has 0 aromatic carbocycles. The average molecular weight is 219 g/mol. The maximum absolute atomic E-state index is 11.5. The van der Waals surface area contributed by atoms with Crippen LogP contribution in [0.1, 0.15) is 12.8 Å². The van der Waals surface area contributed by atoms with E-state index < -0.39 is 6.10 Å². The van der Waals surface area contributed by atoms with E-state index >= 15 is 0 Å². The summed E-state index contributed by atoms with van der Waals surface area (Å²) < 4.78 is 0. The lowest BCUT2D eigenvalue weighted by molar-refractivity contribution is -0.127. The van der Waals surface area contributed by atoms with E-state index in [0.29, 0.717) is 17.5 Å². The summed E-state index contributed by atoms with van der Waals surface area (Å²) in [6.45, 7) is -0.236. The summed E-state index contributed by atoms with van der Waals surface area (Å²) in [6, 6.07) is 0.450. The molecule has 0 radical (unpaired) electrons. The highest BCUT2D eigenvalue weighted by Crippen LogP contribution is 2.25. The van der Waals surface area contributed by atoms with Crippen LogP contribution in [0.3, 0.4) is 0 Å². The SMILES string of the molecule is CN(C(=O)CSCC(O)CO)C1CC1. The molecule has 1 unspecified atom stereocenters. The molecule has 0 aromatic heterocycles. The number of aliphatic hydroxyl groups excluding tert-OH is 2. The molecule has 0 heterocycles. The zero-order valence-corrected chi connectivity index (χ0v) is 9.16. The predicted molar refractivity (Wildman–Crippen MR) is 56.2 cm³/mol. The zero-order valence-electron chi connectivity index (χ0n) is 8.35.